The molecule has 1 saturated heterocycles. The molecule has 3 heterocycles. The zero-order valence-electron chi connectivity index (χ0n) is 18.6. The highest BCUT2D eigenvalue weighted by Gasteiger charge is 2.39. The minimum atomic E-state index is -0.0765. The summed E-state index contributed by atoms with van der Waals surface area (Å²) in [5.41, 5.74) is 3.36. The topological polar surface area (TPSA) is 74.8 Å². The molecule has 7 nitrogen and oxygen atoms in total. The van der Waals surface area contributed by atoms with Crippen LogP contribution >= 0.6 is 0 Å². The van der Waals surface area contributed by atoms with Crippen molar-refractivity contribution in [2.24, 2.45) is 5.92 Å². The number of carbonyl (C=O) groups excluding carboxylic acids is 2. The van der Waals surface area contributed by atoms with Crippen molar-refractivity contribution in [2.75, 3.05) is 36.5 Å². The molecule has 1 unspecified atom stereocenters. The first kappa shape index (κ1) is 21.3. The molecule has 1 N–H and O–H groups in total. The van der Waals surface area contributed by atoms with E-state index in [0.29, 0.717) is 31.9 Å². The summed E-state index contributed by atoms with van der Waals surface area (Å²) in [6, 6.07) is 11.5. The average Bonchev–Trinajstić information content (AvgIpc) is 2.76. The van der Waals surface area contributed by atoms with Gasteiger partial charge in [0.2, 0.25) is 5.91 Å². The summed E-state index contributed by atoms with van der Waals surface area (Å²) in [5, 5.41) is 3.57. The van der Waals surface area contributed by atoms with Gasteiger partial charge in [-0.3, -0.25) is 9.59 Å². The van der Waals surface area contributed by atoms with Crippen molar-refractivity contribution in [3.05, 3.63) is 53.2 Å². The Hall–Kier alpha value is -2.93. The Balaban J connectivity index is 1.75. The number of benzene rings is 1. The monoisotopic (exact) mass is 422 g/mol. The number of amides is 2. The first-order valence-electron chi connectivity index (χ1n) is 10.9. The highest BCUT2D eigenvalue weighted by Crippen LogP contribution is 2.42. The maximum absolute atomic E-state index is 13.1. The molecule has 7 heteroatoms. The molecule has 2 aromatic rings. The molecule has 1 fully saturated rings. The summed E-state index contributed by atoms with van der Waals surface area (Å²) in [6.07, 6.45) is 0. The van der Waals surface area contributed by atoms with Gasteiger partial charge in [0.1, 0.15) is 5.82 Å². The van der Waals surface area contributed by atoms with E-state index in [2.05, 4.69) is 24.1 Å². The zero-order chi connectivity index (χ0) is 22.1. The Morgan fingerprint density at radius 3 is 2.55 bits per heavy atom. The largest absolute Gasteiger partial charge is 0.378 e. The van der Waals surface area contributed by atoms with Gasteiger partial charge < -0.3 is 19.9 Å². The third kappa shape index (κ3) is 4.14. The molecule has 0 bridgehead atoms. The van der Waals surface area contributed by atoms with Crippen LogP contribution in [0.2, 0.25) is 0 Å². The lowest BCUT2D eigenvalue weighted by atomic mass is 9.82. The normalized spacial score (nSPS) is 23.3. The van der Waals surface area contributed by atoms with Crippen LogP contribution in [-0.4, -0.2) is 54.0 Å². The molecule has 0 spiro atoms. The van der Waals surface area contributed by atoms with Crippen molar-refractivity contribution < 1.29 is 14.3 Å². The second-order valence-electron chi connectivity index (χ2n) is 8.45. The molecule has 1 aromatic heterocycles. The number of carbonyl (C=O) groups is 2. The van der Waals surface area contributed by atoms with E-state index in [0.717, 1.165) is 22.8 Å². The van der Waals surface area contributed by atoms with E-state index < -0.39 is 0 Å². The third-order valence-electron chi connectivity index (χ3n) is 6.39. The van der Waals surface area contributed by atoms with Gasteiger partial charge >= 0.3 is 0 Å². The Morgan fingerprint density at radius 2 is 1.87 bits per heavy atom. The first-order valence-corrected chi connectivity index (χ1v) is 10.9. The minimum absolute atomic E-state index is 0.0000126. The molecular weight excluding hydrogens is 392 g/mol. The van der Waals surface area contributed by atoms with Crippen LogP contribution in [0.25, 0.3) is 0 Å². The van der Waals surface area contributed by atoms with Gasteiger partial charge in [-0.15, -0.1) is 0 Å². The zero-order valence-corrected chi connectivity index (χ0v) is 18.6. The molecule has 0 radical (unpaired) electrons. The number of hydrogen-bond acceptors (Lipinski definition) is 5. The number of nitrogens with one attached hydrogen (secondary N) is 1. The lowest BCUT2D eigenvalue weighted by Crippen LogP contribution is -2.48. The fourth-order valence-corrected chi connectivity index (χ4v) is 4.57. The predicted molar refractivity (Wildman–Crippen MR) is 120 cm³/mol. The van der Waals surface area contributed by atoms with Gasteiger partial charge in [-0.2, -0.15) is 0 Å². The van der Waals surface area contributed by atoms with Gasteiger partial charge in [-0.25, -0.2) is 4.98 Å². The standard InChI is InChI=1S/C24H30N4O3/c1-15-6-5-7-22(25-15)26-23-16(2)17(3)28(18(4)29)21-9-8-19(14-20(21)23)24(30)27-10-12-31-13-11-27/h5-9,14,16-17,23H,10-13H2,1-4H3,(H,25,26)/t16?,17-,23+/m0/s1. The number of fused-ring (bicyclic) bond motifs is 1. The van der Waals surface area contributed by atoms with Gasteiger partial charge in [0.25, 0.3) is 5.91 Å². The third-order valence-corrected chi connectivity index (χ3v) is 6.39. The van der Waals surface area contributed by atoms with E-state index in [-0.39, 0.29) is 29.8 Å². The van der Waals surface area contributed by atoms with E-state index >= 15 is 0 Å². The van der Waals surface area contributed by atoms with Crippen molar-refractivity contribution in [3.63, 3.8) is 0 Å². The lowest BCUT2D eigenvalue weighted by molar-refractivity contribution is -0.117. The summed E-state index contributed by atoms with van der Waals surface area (Å²) in [6.45, 7) is 10.1. The Bertz CT molecular complexity index is 987. The number of ether oxygens (including phenoxy) is 1. The number of hydrogen-bond donors (Lipinski definition) is 1. The van der Waals surface area contributed by atoms with Crippen LogP contribution in [0, 0.1) is 12.8 Å². The second-order valence-corrected chi connectivity index (χ2v) is 8.45. The number of nitrogens with zero attached hydrogens (tertiary/aromatic N) is 3. The number of anilines is 2. The van der Waals surface area contributed by atoms with E-state index in [1.807, 2.05) is 53.1 Å². The van der Waals surface area contributed by atoms with Crippen molar-refractivity contribution in [1.29, 1.82) is 0 Å². The van der Waals surface area contributed by atoms with Crippen LogP contribution in [0.4, 0.5) is 11.5 Å². The van der Waals surface area contributed by atoms with Gasteiger partial charge in [0.15, 0.2) is 0 Å². The van der Waals surface area contributed by atoms with Crippen LogP contribution in [0.1, 0.15) is 48.4 Å². The molecular formula is C24H30N4O3. The number of aromatic nitrogens is 1. The van der Waals surface area contributed by atoms with Crippen LogP contribution < -0.4 is 10.2 Å². The number of morpholine rings is 1. The molecule has 3 atom stereocenters. The quantitative estimate of drug-likeness (QED) is 0.821. The molecule has 1 aromatic carbocycles. The summed E-state index contributed by atoms with van der Waals surface area (Å²) in [7, 11) is 0. The minimum Gasteiger partial charge on any atom is -0.378 e. The van der Waals surface area contributed by atoms with Crippen LogP contribution in [-0.2, 0) is 9.53 Å². The second kappa shape index (κ2) is 8.67. The predicted octanol–water partition coefficient (Wildman–Crippen LogP) is 3.41. The van der Waals surface area contributed by atoms with E-state index in [4.69, 9.17) is 4.74 Å². The maximum Gasteiger partial charge on any atom is 0.254 e. The molecule has 0 aliphatic carbocycles. The summed E-state index contributed by atoms with van der Waals surface area (Å²) < 4.78 is 5.38. The highest BCUT2D eigenvalue weighted by atomic mass is 16.5. The van der Waals surface area contributed by atoms with Crippen LogP contribution in [0.3, 0.4) is 0 Å². The van der Waals surface area contributed by atoms with Crippen LogP contribution in [0.15, 0.2) is 36.4 Å². The van der Waals surface area contributed by atoms with E-state index in [1.165, 1.54) is 0 Å². The lowest BCUT2D eigenvalue weighted by Gasteiger charge is -2.44. The van der Waals surface area contributed by atoms with Crippen LogP contribution in [0.5, 0.6) is 0 Å². The van der Waals surface area contributed by atoms with Crippen molar-refractivity contribution in [3.8, 4) is 0 Å². The number of rotatable bonds is 3. The van der Waals surface area contributed by atoms with Gasteiger partial charge in [0.05, 0.1) is 19.3 Å². The van der Waals surface area contributed by atoms with Gasteiger partial charge in [0, 0.05) is 48.9 Å². The number of aryl methyl sites for hydroxylation is 1. The van der Waals surface area contributed by atoms with E-state index in [9.17, 15) is 9.59 Å². The fraction of sp³-hybridized carbons (Fsp3) is 0.458. The molecule has 2 aliphatic heterocycles. The molecule has 0 saturated carbocycles. The Morgan fingerprint density at radius 1 is 1.13 bits per heavy atom. The molecule has 164 valence electrons. The summed E-state index contributed by atoms with van der Waals surface area (Å²) in [5.74, 6) is 0.905. The van der Waals surface area contributed by atoms with Crippen molar-refractivity contribution in [2.45, 2.75) is 39.8 Å². The van der Waals surface area contributed by atoms with E-state index in [1.54, 1.807) is 6.92 Å². The van der Waals surface area contributed by atoms with Crippen molar-refractivity contribution >= 4 is 23.3 Å². The molecule has 31 heavy (non-hydrogen) atoms. The molecule has 4 rings (SSSR count). The molecule has 2 amide bonds. The summed E-state index contributed by atoms with van der Waals surface area (Å²) >= 11 is 0. The number of pyridine rings is 1. The summed E-state index contributed by atoms with van der Waals surface area (Å²) in [4.78, 5) is 33.9. The maximum atomic E-state index is 13.1. The SMILES string of the molecule is CC(=O)N1c2ccc(C(=O)N3CCOCC3)cc2[C@H](Nc2cccc(C)n2)C(C)[C@@H]1C. The average molecular weight is 423 g/mol. The highest BCUT2D eigenvalue weighted by molar-refractivity contribution is 5.98. The smallest absolute Gasteiger partial charge is 0.254 e. The van der Waals surface area contributed by atoms with Gasteiger partial charge in [-0.05, 0) is 49.7 Å². The first-order chi connectivity index (χ1) is 14.9. The Labute approximate surface area is 183 Å². The Kier molecular flexibility index (Phi) is 5.96. The van der Waals surface area contributed by atoms with Crippen molar-refractivity contribution in [1.82, 2.24) is 9.88 Å². The van der Waals surface area contributed by atoms with Gasteiger partial charge in [-0.1, -0.05) is 13.0 Å². The fourth-order valence-electron chi connectivity index (χ4n) is 4.57. The molecule has 2 aliphatic rings.